The zero-order valence-corrected chi connectivity index (χ0v) is 13.5. The number of likely N-dealkylation sites (N-methyl/N-ethyl adjacent to an activating group) is 1. The lowest BCUT2D eigenvalue weighted by molar-refractivity contribution is -0.133. The molecule has 0 radical (unpaired) electrons. The van der Waals surface area contributed by atoms with Gasteiger partial charge in [0.25, 0.3) is 0 Å². The Morgan fingerprint density at radius 1 is 1.50 bits per heavy atom. The van der Waals surface area contributed by atoms with E-state index in [9.17, 15) is 9.18 Å². The minimum Gasteiger partial charge on any atom is -0.374 e. The fourth-order valence-corrected chi connectivity index (χ4v) is 2.35. The van der Waals surface area contributed by atoms with Crippen LogP contribution in [0.2, 0.25) is 0 Å². The van der Waals surface area contributed by atoms with Crippen LogP contribution in [-0.2, 0) is 16.1 Å². The van der Waals surface area contributed by atoms with Crippen LogP contribution in [0.3, 0.4) is 0 Å². The number of benzene rings is 1. The van der Waals surface area contributed by atoms with E-state index in [-0.39, 0.29) is 36.8 Å². The van der Waals surface area contributed by atoms with Crippen LogP contribution in [0, 0.1) is 5.82 Å². The summed E-state index contributed by atoms with van der Waals surface area (Å²) in [5.41, 5.74) is 6.11. The van der Waals surface area contributed by atoms with Crippen LogP contribution in [-0.4, -0.2) is 61.6 Å². The lowest BCUT2D eigenvalue weighted by Gasteiger charge is -2.32. The Morgan fingerprint density at radius 2 is 2.23 bits per heavy atom. The van der Waals surface area contributed by atoms with E-state index in [4.69, 9.17) is 10.5 Å². The number of amides is 1. The van der Waals surface area contributed by atoms with E-state index in [0.29, 0.717) is 31.8 Å². The van der Waals surface area contributed by atoms with Gasteiger partial charge in [-0.05, 0) is 6.07 Å². The van der Waals surface area contributed by atoms with E-state index in [1.165, 1.54) is 6.07 Å². The van der Waals surface area contributed by atoms with Gasteiger partial charge in [0, 0.05) is 38.8 Å². The Morgan fingerprint density at radius 3 is 2.91 bits per heavy atom. The smallest absolute Gasteiger partial charge is 0.236 e. The van der Waals surface area contributed by atoms with Crippen molar-refractivity contribution in [2.45, 2.75) is 12.6 Å². The van der Waals surface area contributed by atoms with Gasteiger partial charge in [-0.15, -0.1) is 12.4 Å². The number of nitrogens with zero attached hydrogens (tertiary/aromatic N) is 2. The number of carbonyl (C=O) groups is 1. The van der Waals surface area contributed by atoms with Crippen molar-refractivity contribution in [3.05, 3.63) is 35.6 Å². The van der Waals surface area contributed by atoms with Crippen LogP contribution < -0.4 is 5.73 Å². The predicted molar refractivity (Wildman–Crippen MR) is 85.4 cm³/mol. The molecule has 22 heavy (non-hydrogen) atoms. The molecule has 1 heterocycles. The molecular formula is C15H23ClFN3O2. The first-order chi connectivity index (χ1) is 10.1. The molecule has 1 amide bonds. The maximum absolute atomic E-state index is 13.6. The SMILES string of the molecule is CN(Cc1ccccc1F)C(=O)CN1CCOC(CN)C1.Cl. The van der Waals surface area contributed by atoms with Crippen LogP contribution in [0.4, 0.5) is 4.39 Å². The molecule has 124 valence electrons. The minimum absolute atomic E-state index is 0. The van der Waals surface area contributed by atoms with Crippen LogP contribution in [0.5, 0.6) is 0 Å². The maximum atomic E-state index is 13.6. The van der Waals surface area contributed by atoms with Gasteiger partial charge in [0.15, 0.2) is 0 Å². The highest BCUT2D eigenvalue weighted by Gasteiger charge is 2.22. The predicted octanol–water partition coefficient (Wildman–Crippen LogP) is 0.865. The third-order valence-electron chi connectivity index (χ3n) is 3.64. The summed E-state index contributed by atoms with van der Waals surface area (Å²) in [6.45, 7) is 3.01. The highest BCUT2D eigenvalue weighted by atomic mass is 35.5. The van der Waals surface area contributed by atoms with Crippen LogP contribution >= 0.6 is 12.4 Å². The molecule has 1 atom stereocenters. The first-order valence-corrected chi connectivity index (χ1v) is 7.11. The Bertz CT molecular complexity index is 490. The first kappa shape index (κ1) is 18.8. The average Bonchev–Trinajstić information content (AvgIpc) is 2.49. The molecular weight excluding hydrogens is 309 g/mol. The quantitative estimate of drug-likeness (QED) is 0.869. The van der Waals surface area contributed by atoms with Crippen molar-refractivity contribution in [3.8, 4) is 0 Å². The fraction of sp³-hybridized carbons (Fsp3) is 0.533. The minimum atomic E-state index is -0.285. The number of carbonyl (C=O) groups excluding carboxylic acids is 1. The van der Waals surface area contributed by atoms with E-state index in [1.54, 1.807) is 30.1 Å². The molecule has 0 aromatic heterocycles. The zero-order valence-electron chi connectivity index (χ0n) is 12.7. The molecule has 7 heteroatoms. The van der Waals surface area contributed by atoms with E-state index >= 15 is 0 Å². The van der Waals surface area contributed by atoms with E-state index in [0.717, 1.165) is 6.54 Å². The molecule has 1 unspecified atom stereocenters. The second-order valence-electron chi connectivity index (χ2n) is 5.30. The maximum Gasteiger partial charge on any atom is 0.236 e. The highest BCUT2D eigenvalue weighted by Crippen LogP contribution is 2.10. The molecule has 1 aromatic carbocycles. The number of morpholine rings is 1. The summed E-state index contributed by atoms with van der Waals surface area (Å²) in [5.74, 6) is -0.317. The molecule has 1 aliphatic rings. The summed E-state index contributed by atoms with van der Waals surface area (Å²) in [6.07, 6.45) is -0.0107. The Balaban J connectivity index is 0.00000242. The van der Waals surface area contributed by atoms with Crippen molar-refractivity contribution in [2.75, 3.05) is 39.8 Å². The first-order valence-electron chi connectivity index (χ1n) is 7.11. The Hall–Kier alpha value is -1.21. The molecule has 1 aliphatic heterocycles. The fourth-order valence-electron chi connectivity index (χ4n) is 2.35. The molecule has 1 saturated heterocycles. The van der Waals surface area contributed by atoms with Crippen LogP contribution in [0.1, 0.15) is 5.56 Å². The monoisotopic (exact) mass is 331 g/mol. The zero-order chi connectivity index (χ0) is 15.2. The lowest BCUT2D eigenvalue weighted by Crippen LogP contribution is -2.49. The van der Waals surface area contributed by atoms with Crippen LogP contribution in [0.15, 0.2) is 24.3 Å². The number of rotatable bonds is 5. The highest BCUT2D eigenvalue weighted by molar-refractivity contribution is 5.85. The van der Waals surface area contributed by atoms with Crippen molar-refractivity contribution in [2.24, 2.45) is 5.73 Å². The van der Waals surface area contributed by atoms with Crippen molar-refractivity contribution in [3.63, 3.8) is 0 Å². The molecule has 1 aromatic rings. The average molecular weight is 332 g/mol. The van der Waals surface area contributed by atoms with Crippen molar-refractivity contribution in [1.29, 1.82) is 0 Å². The van der Waals surface area contributed by atoms with Gasteiger partial charge < -0.3 is 15.4 Å². The number of hydrogen-bond acceptors (Lipinski definition) is 4. The van der Waals surface area contributed by atoms with E-state index < -0.39 is 0 Å². The summed E-state index contributed by atoms with van der Waals surface area (Å²) in [4.78, 5) is 15.8. The van der Waals surface area contributed by atoms with Gasteiger partial charge in [-0.1, -0.05) is 18.2 Å². The summed E-state index contributed by atoms with van der Waals surface area (Å²) in [7, 11) is 1.69. The second-order valence-corrected chi connectivity index (χ2v) is 5.30. The summed E-state index contributed by atoms with van der Waals surface area (Å²) in [5, 5.41) is 0. The van der Waals surface area contributed by atoms with Gasteiger partial charge in [0.1, 0.15) is 5.82 Å². The van der Waals surface area contributed by atoms with Gasteiger partial charge >= 0.3 is 0 Å². The summed E-state index contributed by atoms with van der Waals surface area (Å²) in [6, 6.07) is 6.51. The summed E-state index contributed by atoms with van der Waals surface area (Å²) >= 11 is 0. The molecule has 5 nitrogen and oxygen atoms in total. The van der Waals surface area contributed by atoms with Gasteiger partial charge in [-0.25, -0.2) is 4.39 Å². The number of nitrogens with two attached hydrogens (primary N) is 1. The molecule has 2 N–H and O–H groups in total. The van der Waals surface area contributed by atoms with Crippen molar-refractivity contribution in [1.82, 2.24) is 9.80 Å². The topological polar surface area (TPSA) is 58.8 Å². The third kappa shape index (κ3) is 5.21. The normalized spacial score (nSPS) is 18.6. The Kier molecular flexibility index (Phi) is 7.75. The molecule has 2 rings (SSSR count). The molecule has 0 saturated carbocycles. The van der Waals surface area contributed by atoms with E-state index in [1.807, 2.05) is 4.90 Å². The van der Waals surface area contributed by atoms with Crippen molar-refractivity contribution >= 4 is 18.3 Å². The number of ether oxygens (including phenoxy) is 1. The molecule has 1 fully saturated rings. The third-order valence-corrected chi connectivity index (χ3v) is 3.64. The Labute approximate surface area is 136 Å². The second kappa shape index (κ2) is 9.05. The van der Waals surface area contributed by atoms with Gasteiger partial charge in [-0.3, -0.25) is 9.69 Å². The standard InChI is InChI=1S/C15H22FN3O2.ClH/c1-18(9-12-4-2-3-5-14(12)16)15(20)11-19-6-7-21-13(8-17)10-19;/h2-5,13H,6-11,17H2,1H3;1H. The van der Waals surface area contributed by atoms with E-state index in [2.05, 4.69) is 0 Å². The molecule has 0 spiro atoms. The van der Waals surface area contributed by atoms with Gasteiger partial charge in [0.2, 0.25) is 5.91 Å². The van der Waals surface area contributed by atoms with Gasteiger partial charge in [0.05, 0.1) is 19.3 Å². The molecule has 0 aliphatic carbocycles. The molecule has 0 bridgehead atoms. The van der Waals surface area contributed by atoms with Crippen LogP contribution in [0.25, 0.3) is 0 Å². The van der Waals surface area contributed by atoms with Crippen molar-refractivity contribution < 1.29 is 13.9 Å². The largest absolute Gasteiger partial charge is 0.374 e. The number of halogens is 2. The number of hydrogen-bond donors (Lipinski definition) is 1. The van der Waals surface area contributed by atoms with Gasteiger partial charge in [-0.2, -0.15) is 0 Å². The summed E-state index contributed by atoms with van der Waals surface area (Å²) < 4.78 is 19.1. The lowest BCUT2D eigenvalue weighted by atomic mass is 10.2.